The van der Waals surface area contributed by atoms with E-state index in [9.17, 15) is 40.7 Å². The summed E-state index contributed by atoms with van der Waals surface area (Å²) in [6, 6.07) is 4.02. The fourth-order valence-corrected chi connectivity index (χ4v) is 5.49. The number of likely N-dealkylation sites (N-methyl/N-ethyl adjacent to an activating group) is 1. The van der Waals surface area contributed by atoms with Gasteiger partial charge in [0.05, 0.1) is 17.2 Å². The molecule has 1 aliphatic heterocycles. The van der Waals surface area contributed by atoms with E-state index < -0.39 is 52.9 Å². The summed E-state index contributed by atoms with van der Waals surface area (Å²) in [5, 5.41) is 5.71. The zero-order valence-electron chi connectivity index (χ0n) is 22.2. The molecule has 2 N–H and O–H groups in total. The minimum absolute atomic E-state index is 0.0300. The van der Waals surface area contributed by atoms with Crippen LogP contribution in [0.1, 0.15) is 51.9 Å². The van der Waals surface area contributed by atoms with Gasteiger partial charge in [-0.2, -0.15) is 26.3 Å². The molecular formula is C28H27ClF6IN3O3. The standard InChI is InChI=1S/C28H27ClF6IN3O3/c1-39(26(42)18-12-19(27(30,31)32)14-20(13-18)28(33,34)35)21(10-16-5-6-17(15-36)22(29)11-16)7-8-24(40)38-23-4-2-3-9-37-25(23)41/h5-8,11-14,21,23H,2-4,9-10,15H2,1H3,(H,37,41)(H,38,40)/b8-7+/t21-,23+/m0/s1. The highest BCUT2D eigenvalue weighted by Crippen LogP contribution is 2.36. The van der Waals surface area contributed by atoms with Crippen LogP contribution in [-0.2, 0) is 32.8 Å². The Bertz CT molecular complexity index is 1320. The number of halogens is 8. The smallest absolute Gasteiger partial charge is 0.354 e. The van der Waals surface area contributed by atoms with Gasteiger partial charge in [-0.15, -0.1) is 0 Å². The largest absolute Gasteiger partial charge is 0.416 e. The van der Waals surface area contributed by atoms with Crippen LogP contribution in [0.2, 0.25) is 5.02 Å². The molecule has 0 bridgehead atoms. The van der Waals surface area contributed by atoms with Gasteiger partial charge >= 0.3 is 12.4 Å². The van der Waals surface area contributed by atoms with E-state index in [0.29, 0.717) is 46.5 Å². The van der Waals surface area contributed by atoms with E-state index in [1.54, 1.807) is 18.2 Å². The van der Waals surface area contributed by atoms with Crippen molar-refractivity contribution < 1.29 is 40.7 Å². The lowest BCUT2D eigenvalue weighted by atomic mass is 10.0. The summed E-state index contributed by atoms with van der Waals surface area (Å²) >= 11 is 8.44. The molecule has 1 fully saturated rings. The van der Waals surface area contributed by atoms with Crippen molar-refractivity contribution in [2.45, 2.75) is 54.5 Å². The van der Waals surface area contributed by atoms with Crippen LogP contribution in [-0.4, -0.2) is 48.3 Å². The molecule has 14 heteroatoms. The van der Waals surface area contributed by atoms with Crippen LogP contribution in [0.25, 0.3) is 0 Å². The van der Waals surface area contributed by atoms with E-state index in [4.69, 9.17) is 11.6 Å². The van der Waals surface area contributed by atoms with Gasteiger partial charge in [0.1, 0.15) is 6.04 Å². The van der Waals surface area contributed by atoms with E-state index in [1.807, 2.05) is 0 Å². The van der Waals surface area contributed by atoms with E-state index in [0.717, 1.165) is 23.0 Å². The Morgan fingerprint density at radius 2 is 1.74 bits per heavy atom. The zero-order valence-corrected chi connectivity index (χ0v) is 25.1. The quantitative estimate of drug-likeness (QED) is 0.144. The molecule has 0 aromatic heterocycles. The molecule has 1 heterocycles. The molecule has 0 aliphatic carbocycles. The van der Waals surface area contributed by atoms with E-state index in [-0.39, 0.29) is 18.4 Å². The first-order valence-corrected chi connectivity index (χ1v) is 14.7. The number of nitrogens with one attached hydrogen (secondary N) is 2. The number of carbonyl (C=O) groups is 3. The predicted molar refractivity (Wildman–Crippen MR) is 153 cm³/mol. The molecule has 228 valence electrons. The number of nitrogens with zero attached hydrogens (tertiary/aromatic N) is 1. The highest BCUT2D eigenvalue weighted by atomic mass is 127. The molecule has 0 unspecified atom stereocenters. The maximum atomic E-state index is 13.4. The third-order valence-electron chi connectivity index (χ3n) is 6.68. The summed E-state index contributed by atoms with van der Waals surface area (Å²) in [6.45, 7) is 0.487. The second-order valence-corrected chi connectivity index (χ2v) is 10.9. The van der Waals surface area contributed by atoms with E-state index >= 15 is 0 Å². The summed E-state index contributed by atoms with van der Waals surface area (Å²) in [6.07, 6.45) is -5.96. The predicted octanol–water partition coefficient (Wildman–Crippen LogP) is 6.34. The molecule has 1 aliphatic rings. The molecule has 1 saturated heterocycles. The Labute approximate surface area is 257 Å². The van der Waals surface area contributed by atoms with Crippen molar-refractivity contribution >= 4 is 51.9 Å². The number of hydrogen-bond donors (Lipinski definition) is 2. The lowest BCUT2D eigenvalue weighted by Gasteiger charge is -2.27. The Kier molecular flexibility index (Phi) is 11.3. The number of benzene rings is 2. The van der Waals surface area contributed by atoms with Gasteiger partial charge in [-0.1, -0.05) is 52.4 Å². The monoisotopic (exact) mass is 729 g/mol. The Balaban J connectivity index is 1.95. The summed E-state index contributed by atoms with van der Waals surface area (Å²) in [7, 11) is 1.21. The topological polar surface area (TPSA) is 78.5 Å². The summed E-state index contributed by atoms with van der Waals surface area (Å²) in [4.78, 5) is 39.1. The fourth-order valence-electron chi connectivity index (χ4n) is 4.33. The van der Waals surface area contributed by atoms with Gasteiger partial charge in [0, 0.05) is 34.7 Å². The number of hydrogen-bond acceptors (Lipinski definition) is 3. The molecular weight excluding hydrogens is 703 g/mol. The zero-order chi connectivity index (χ0) is 31.2. The Morgan fingerprint density at radius 3 is 2.31 bits per heavy atom. The van der Waals surface area contributed by atoms with Crippen molar-refractivity contribution in [1.29, 1.82) is 0 Å². The van der Waals surface area contributed by atoms with Crippen LogP contribution in [0.4, 0.5) is 26.3 Å². The van der Waals surface area contributed by atoms with Crippen molar-refractivity contribution in [1.82, 2.24) is 15.5 Å². The first-order chi connectivity index (χ1) is 19.6. The van der Waals surface area contributed by atoms with Crippen LogP contribution in [0.5, 0.6) is 0 Å². The average Bonchev–Trinajstić information content (AvgIpc) is 3.12. The maximum absolute atomic E-state index is 13.4. The van der Waals surface area contributed by atoms with Gasteiger partial charge in [0.2, 0.25) is 11.8 Å². The summed E-state index contributed by atoms with van der Waals surface area (Å²) in [5.74, 6) is -2.12. The lowest BCUT2D eigenvalue weighted by Crippen LogP contribution is -2.45. The van der Waals surface area contributed by atoms with E-state index in [1.165, 1.54) is 13.1 Å². The average molecular weight is 730 g/mol. The molecule has 2 atom stereocenters. The molecule has 0 spiro atoms. The minimum Gasteiger partial charge on any atom is -0.354 e. The van der Waals surface area contributed by atoms with Crippen LogP contribution in [0, 0.1) is 0 Å². The van der Waals surface area contributed by atoms with Gasteiger partial charge < -0.3 is 15.5 Å². The van der Waals surface area contributed by atoms with Crippen molar-refractivity contribution in [3.05, 3.63) is 81.4 Å². The van der Waals surface area contributed by atoms with Gasteiger partial charge in [-0.25, -0.2) is 0 Å². The van der Waals surface area contributed by atoms with Crippen LogP contribution in [0.15, 0.2) is 48.6 Å². The van der Waals surface area contributed by atoms with Crippen LogP contribution in [0.3, 0.4) is 0 Å². The molecule has 3 rings (SSSR count). The van der Waals surface area contributed by atoms with Crippen LogP contribution < -0.4 is 10.6 Å². The van der Waals surface area contributed by atoms with Crippen molar-refractivity contribution in [3.63, 3.8) is 0 Å². The van der Waals surface area contributed by atoms with Gasteiger partial charge in [-0.3, -0.25) is 14.4 Å². The first kappa shape index (κ1) is 33.7. The summed E-state index contributed by atoms with van der Waals surface area (Å²) < 4.78 is 81.1. The minimum atomic E-state index is -5.13. The molecule has 2 aromatic rings. The van der Waals surface area contributed by atoms with E-state index in [2.05, 4.69) is 33.2 Å². The molecule has 6 nitrogen and oxygen atoms in total. The molecule has 3 amide bonds. The SMILES string of the molecule is CN(C(=O)c1cc(C(F)(F)F)cc(C(F)(F)F)c1)[C@@H](/C=C/C(=O)N[C@@H]1CCCCNC1=O)Cc1ccc(CI)c(Cl)c1. The highest BCUT2D eigenvalue weighted by molar-refractivity contribution is 14.1. The maximum Gasteiger partial charge on any atom is 0.416 e. The Morgan fingerprint density at radius 1 is 1.10 bits per heavy atom. The first-order valence-electron chi connectivity index (χ1n) is 12.8. The van der Waals surface area contributed by atoms with Crippen LogP contribution >= 0.6 is 34.2 Å². The van der Waals surface area contributed by atoms with Gasteiger partial charge in [0.25, 0.3) is 5.91 Å². The second-order valence-electron chi connectivity index (χ2n) is 9.75. The molecule has 42 heavy (non-hydrogen) atoms. The molecule has 2 aromatic carbocycles. The Hall–Kier alpha value is -2.81. The number of amides is 3. The number of carbonyl (C=O) groups excluding carboxylic acids is 3. The summed E-state index contributed by atoms with van der Waals surface area (Å²) in [5.41, 5.74) is -2.63. The normalized spacial score (nSPS) is 17.0. The lowest BCUT2D eigenvalue weighted by molar-refractivity contribution is -0.143. The molecule has 0 radical (unpaired) electrons. The number of rotatable bonds is 8. The number of alkyl halides is 7. The third-order valence-corrected chi connectivity index (χ3v) is 7.85. The fraction of sp³-hybridized carbons (Fsp3) is 0.393. The second kappa shape index (κ2) is 14.1. The van der Waals surface area contributed by atoms with Gasteiger partial charge in [0.15, 0.2) is 0 Å². The van der Waals surface area contributed by atoms with Crippen molar-refractivity contribution in [2.75, 3.05) is 13.6 Å². The molecule has 0 saturated carbocycles. The third kappa shape index (κ3) is 9.09. The highest BCUT2D eigenvalue weighted by Gasteiger charge is 2.38. The van der Waals surface area contributed by atoms with Crippen molar-refractivity contribution in [2.24, 2.45) is 0 Å². The van der Waals surface area contributed by atoms with Gasteiger partial charge in [-0.05, 0) is 61.1 Å². The van der Waals surface area contributed by atoms with Crippen molar-refractivity contribution in [3.8, 4) is 0 Å².